The third-order valence-corrected chi connectivity index (χ3v) is 4.50. The van der Waals surface area contributed by atoms with Crippen LogP contribution in [-0.4, -0.2) is 59.2 Å². The highest BCUT2D eigenvalue weighted by molar-refractivity contribution is 5.92. The normalized spacial score (nSPS) is 15.0. The van der Waals surface area contributed by atoms with Crippen molar-refractivity contribution in [3.63, 3.8) is 0 Å². The zero-order valence-electron chi connectivity index (χ0n) is 15.1. The molecule has 0 spiro atoms. The second-order valence-electron chi connectivity index (χ2n) is 6.38. The first-order valence-electron chi connectivity index (χ1n) is 9.07. The van der Waals surface area contributed by atoms with Crippen LogP contribution in [0.5, 0.6) is 0 Å². The van der Waals surface area contributed by atoms with Crippen molar-refractivity contribution in [1.29, 1.82) is 0 Å². The molecule has 1 aliphatic heterocycles. The number of nitrogens with zero attached hydrogens (tertiary/aromatic N) is 4. The van der Waals surface area contributed by atoms with Crippen molar-refractivity contribution in [2.45, 2.75) is 0 Å². The number of hydrogen-bond donors (Lipinski definition) is 3. The van der Waals surface area contributed by atoms with E-state index in [2.05, 4.69) is 36.6 Å². The molecule has 0 radical (unpaired) electrons. The molecule has 0 atom stereocenters. The van der Waals surface area contributed by atoms with E-state index in [-0.39, 0.29) is 5.95 Å². The predicted octanol–water partition coefficient (Wildman–Crippen LogP) is 2.09. The molecule has 1 fully saturated rings. The summed E-state index contributed by atoms with van der Waals surface area (Å²) in [6.45, 7) is 5.24. The molecule has 4 rings (SSSR count). The van der Waals surface area contributed by atoms with E-state index < -0.39 is 0 Å². The molecular weight excluding hydrogens is 342 g/mol. The van der Waals surface area contributed by atoms with E-state index >= 15 is 0 Å². The van der Waals surface area contributed by atoms with Crippen LogP contribution in [0.2, 0.25) is 0 Å². The average Bonchev–Trinajstić information content (AvgIpc) is 2.69. The Bertz CT molecular complexity index is 906. The minimum Gasteiger partial charge on any atom is -0.379 e. The largest absolute Gasteiger partial charge is 0.379 e. The second kappa shape index (κ2) is 8.15. The van der Waals surface area contributed by atoms with Gasteiger partial charge in [0.05, 0.1) is 13.2 Å². The number of nitrogen functional groups attached to an aromatic ring is 1. The van der Waals surface area contributed by atoms with Crippen LogP contribution in [0.25, 0.3) is 10.8 Å². The molecule has 8 heteroatoms. The highest BCUT2D eigenvalue weighted by Gasteiger charge is 2.10. The molecule has 0 unspecified atom stereocenters. The Labute approximate surface area is 157 Å². The monoisotopic (exact) mass is 365 g/mol. The average molecular weight is 365 g/mol. The van der Waals surface area contributed by atoms with Crippen LogP contribution in [0, 0.1) is 0 Å². The predicted molar refractivity (Wildman–Crippen MR) is 107 cm³/mol. The maximum Gasteiger partial charge on any atom is 0.223 e. The highest BCUT2D eigenvalue weighted by atomic mass is 16.5. The van der Waals surface area contributed by atoms with Crippen molar-refractivity contribution in [1.82, 2.24) is 19.9 Å². The van der Waals surface area contributed by atoms with Gasteiger partial charge in [-0.25, -0.2) is 4.98 Å². The maximum absolute atomic E-state index is 5.89. The van der Waals surface area contributed by atoms with E-state index in [0.717, 1.165) is 56.0 Å². The third-order valence-electron chi connectivity index (χ3n) is 4.50. The summed E-state index contributed by atoms with van der Waals surface area (Å²) < 4.78 is 5.37. The fourth-order valence-corrected chi connectivity index (χ4v) is 3.13. The molecule has 1 saturated heterocycles. The van der Waals surface area contributed by atoms with Crippen LogP contribution in [0.4, 0.5) is 23.4 Å². The van der Waals surface area contributed by atoms with Gasteiger partial charge in [-0.1, -0.05) is 24.3 Å². The summed E-state index contributed by atoms with van der Waals surface area (Å²) >= 11 is 0. The van der Waals surface area contributed by atoms with E-state index in [9.17, 15) is 0 Å². The van der Waals surface area contributed by atoms with Crippen molar-refractivity contribution < 1.29 is 4.74 Å². The molecule has 0 aliphatic carbocycles. The van der Waals surface area contributed by atoms with Crippen molar-refractivity contribution in [3.8, 4) is 0 Å². The minimum absolute atomic E-state index is 0.217. The van der Waals surface area contributed by atoms with E-state index in [1.54, 1.807) is 6.20 Å². The summed E-state index contributed by atoms with van der Waals surface area (Å²) in [5.74, 6) is 2.26. The molecule has 0 amide bonds. The Morgan fingerprint density at radius 3 is 2.78 bits per heavy atom. The standard InChI is InChI=1S/C19H23N7O/c20-19-24-16(21-7-8-26-9-11-27-12-10-26)13-17(25-19)23-18-15-4-2-1-3-14(15)5-6-22-18/h1-6,13H,7-12H2,(H4,20,21,22,23,24,25). The lowest BCUT2D eigenvalue weighted by molar-refractivity contribution is 0.0398. The second-order valence-corrected chi connectivity index (χ2v) is 6.38. The lowest BCUT2D eigenvalue weighted by Crippen LogP contribution is -2.39. The van der Waals surface area contributed by atoms with Crippen molar-refractivity contribution in [2.75, 3.05) is 55.8 Å². The Hall–Kier alpha value is -2.97. The summed E-state index contributed by atoms with van der Waals surface area (Å²) in [6.07, 6.45) is 1.77. The number of anilines is 4. The number of aromatic nitrogens is 3. The Balaban J connectivity index is 1.45. The number of nitrogens with one attached hydrogen (secondary N) is 2. The van der Waals surface area contributed by atoms with Gasteiger partial charge in [0.2, 0.25) is 5.95 Å². The van der Waals surface area contributed by atoms with Gasteiger partial charge in [0.25, 0.3) is 0 Å². The number of nitrogens with two attached hydrogens (primary N) is 1. The first-order chi connectivity index (χ1) is 13.3. The van der Waals surface area contributed by atoms with Gasteiger partial charge in [-0.2, -0.15) is 9.97 Å². The zero-order chi connectivity index (χ0) is 18.5. The van der Waals surface area contributed by atoms with Crippen molar-refractivity contribution in [3.05, 3.63) is 42.6 Å². The molecule has 4 N–H and O–H groups in total. The molecular formula is C19H23N7O. The van der Waals surface area contributed by atoms with Crippen LogP contribution >= 0.6 is 0 Å². The molecule has 3 aromatic rings. The lowest BCUT2D eigenvalue weighted by atomic mass is 10.1. The number of fused-ring (bicyclic) bond motifs is 1. The Morgan fingerprint density at radius 2 is 1.89 bits per heavy atom. The zero-order valence-corrected chi connectivity index (χ0v) is 15.1. The minimum atomic E-state index is 0.217. The number of hydrogen-bond acceptors (Lipinski definition) is 8. The van der Waals surface area contributed by atoms with Gasteiger partial charge in [-0.15, -0.1) is 0 Å². The molecule has 140 valence electrons. The quantitative estimate of drug-likeness (QED) is 0.610. The molecule has 0 saturated carbocycles. The van der Waals surface area contributed by atoms with Gasteiger partial charge >= 0.3 is 0 Å². The molecule has 3 heterocycles. The summed E-state index contributed by atoms with van der Waals surface area (Å²) in [5, 5.41) is 8.72. The van der Waals surface area contributed by atoms with Crippen LogP contribution in [0.1, 0.15) is 0 Å². The van der Waals surface area contributed by atoms with E-state index in [0.29, 0.717) is 11.6 Å². The summed E-state index contributed by atoms with van der Waals surface area (Å²) in [4.78, 5) is 15.3. The molecule has 1 aliphatic rings. The van der Waals surface area contributed by atoms with E-state index in [4.69, 9.17) is 10.5 Å². The molecule has 1 aromatic carbocycles. The third kappa shape index (κ3) is 4.42. The smallest absolute Gasteiger partial charge is 0.223 e. The van der Waals surface area contributed by atoms with Crippen molar-refractivity contribution in [2.24, 2.45) is 0 Å². The summed E-state index contributed by atoms with van der Waals surface area (Å²) in [5.41, 5.74) is 5.89. The first-order valence-corrected chi connectivity index (χ1v) is 9.07. The van der Waals surface area contributed by atoms with Gasteiger partial charge in [-0.3, -0.25) is 4.90 Å². The van der Waals surface area contributed by atoms with Gasteiger partial charge < -0.3 is 21.1 Å². The number of benzene rings is 1. The van der Waals surface area contributed by atoms with Crippen molar-refractivity contribution >= 4 is 34.2 Å². The summed E-state index contributed by atoms with van der Waals surface area (Å²) in [6, 6.07) is 11.9. The summed E-state index contributed by atoms with van der Waals surface area (Å²) in [7, 11) is 0. The Morgan fingerprint density at radius 1 is 1.07 bits per heavy atom. The molecule has 0 bridgehead atoms. The van der Waals surface area contributed by atoms with E-state index in [1.165, 1.54) is 0 Å². The number of pyridine rings is 1. The first kappa shape index (κ1) is 17.4. The number of rotatable bonds is 6. The maximum atomic E-state index is 5.89. The fraction of sp³-hybridized carbons (Fsp3) is 0.316. The fourth-order valence-electron chi connectivity index (χ4n) is 3.13. The topological polar surface area (TPSA) is 101 Å². The highest BCUT2D eigenvalue weighted by Crippen LogP contribution is 2.24. The van der Waals surface area contributed by atoms with E-state index in [1.807, 2.05) is 30.3 Å². The van der Waals surface area contributed by atoms with Gasteiger partial charge in [0, 0.05) is 43.8 Å². The van der Waals surface area contributed by atoms with Crippen LogP contribution in [-0.2, 0) is 4.74 Å². The number of ether oxygens (including phenoxy) is 1. The molecule has 27 heavy (non-hydrogen) atoms. The number of morpholine rings is 1. The lowest BCUT2D eigenvalue weighted by Gasteiger charge is -2.26. The molecule has 8 nitrogen and oxygen atoms in total. The van der Waals surface area contributed by atoms with Crippen LogP contribution < -0.4 is 16.4 Å². The van der Waals surface area contributed by atoms with Crippen LogP contribution in [0.3, 0.4) is 0 Å². The van der Waals surface area contributed by atoms with Gasteiger partial charge in [-0.05, 0) is 11.5 Å². The van der Waals surface area contributed by atoms with Gasteiger partial charge in [0.15, 0.2) is 0 Å². The van der Waals surface area contributed by atoms with Crippen LogP contribution in [0.15, 0.2) is 42.6 Å². The SMILES string of the molecule is Nc1nc(NCCN2CCOCC2)cc(Nc2nccc3ccccc23)n1. The van der Waals surface area contributed by atoms with Gasteiger partial charge in [0.1, 0.15) is 17.5 Å². The molecule has 2 aromatic heterocycles. The Kier molecular flexibility index (Phi) is 5.27.